The second-order valence-electron chi connectivity index (χ2n) is 5.23. The van der Waals surface area contributed by atoms with Gasteiger partial charge in [-0.05, 0) is 31.5 Å². The number of benzene rings is 1. The molecule has 0 amide bonds. The lowest BCUT2D eigenvalue weighted by Crippen LogP contribution is -2.27. The molecule has 0 radical (unpaired) electrons. The van der Waals surface area contributed by atoms with Crippen molar-refractivity contribution in [3.8, 4) is 0 Å². The maximum Gasteiger partial charge on any atom is 0.0366 e. The molecule has 1 aromatic carbocycles. The summed E-state index contributed by atoms with van der Waals surface area (Å²) in [6.45, 7) is 5.29. The molecule has 2 N–H and O–H groups in total. The fourth-order valence-corrected chi connectivity index (χ4v) is 2.37. The van der Waals surface area contributed by atoms with E-state index in [-0.39, 0.29) is 0 Å². The number of anilines is 1. The number of hydrogen-bond donors (Lipinski definition) is 1. The van der Waals surface area contributed by atoms with Gasteiger partial charge in [0.05, 0.1) is 0 Å². The molecule has 0 saturated heterocycles. The first-order chi connectivity index (χ1) is 9.38. The molecule has 0 atom stereocenters. The van der Waals surface area contributed by atoms with E-state index < -0.39 is 0 Å². The predicted molar refractivity (Wildman–Crippen MR) is 85.7 cm³/mol. The van der Waals surface area contributed by atoms with E-state index in [0.717, 1.165) is 26.1 Å². The molecule has 0 bridgehead atoms. The number of nitrogens with zero attached hydrogens (tertiary/aromatic N) is 1. The number of hydrogen-bond acceptors (Lipinski definition) is 2. The molecule has 19 heavy (non-hydrogen) atoms. The summed E-state index contributed by atoms with van der Waals surface area (Å²) in [7, 11) is 0. The van der Waals surface area contributed by atoms with Crippen LogP contribution in [0.15, 0.2) is 30.3 Å². The molecule has 2 heteroatoms. The highest BCUT2D eigenvalue weighted by Gasteiger charge is 2.04. The van der Waals surface area contributed by atoms with Crippen molar-refractivity contribution in [2.75, 3.05) is 24.5 Å². The van der Waals surface area contributed by atoms with Crippen molar-refractivity contribution >= 4 is 5.69 Å². The summed E-state index contributed by atoms with van der Waals surface area (Å²) in [4.78, 5) is 2.48. The van der Waals surface area contributed by atoms with E-state index in [4.69, 9.17) is 5.73 Å². The summed E-state index contributed by atoms with van der Waals surface area (Å²) in [6, 6.07) is 10.7. The largest absolute Gasteiger partial charge is 0.371 e. The Hall–Kier alpha value is -1.02. The Morgan fingerprint density at radius 2 is 1.47 bits per heavy atom. The van der Waals surface area contributed by atoms with Gasteiger partial charge in [0.25, 0.3) is 0 Å². The van der Waals surface area contributed by atoms with Crippen LogP contribution >= 0.6 is 0 Å². The van der Waals surface area contributed by atoms with Crippen molar-refractivity contribution in [3.63, 3.8) is 0 Å². The average Bonchev–Trinajstić information content (AvgIpc) is 2.46. The first-order valence-electron chi connectivity index (χ1n) is 7.88. The van der Waals surface area contributed by atoms with E-state index in [2.05, 4.69) is 42.2 Å². The van der Waals surface area contributed by atoms with E-state index in [1.54, 1.807) is 0 Å². The minimum absolute atomic E-state index is 0.778. The van der Waals surface area contributed by atoms with E-state index in [1.165, 1.54) is 44.2 Å². The van der Waals surface area contributed by atoms with Crippen LogP contribution in [0.5, 0.6) is 0 Å². The Morgan fingerprint density at radius 1 is 0.842 bits per heavy atom. The van der Waals surface area contributed by atoms with Gasteiger partial charge >= 0.3 is 0 Å². The lowest BCUT2D eigenvalue weighted by atomic mass is 10.1. The first kappa shape index (κ1) is 16.0. The summed E-state index contributed by atoms with van der Waals surface area (Å²) >= 11 is 0. The van der Waals surface area contributed by atoms with Crippen molar-refractivity contribution in [1.29, 1.82) is 0 Å². The van der Waals surface area contributed by atoms with Crippen molar-refractivity contribution in [3.05, 3.63) is 30.3 Å². The van der Waals surface area contributed by atoms with Crippen molar-refractivity contribution in [2.24, 2.45) is 5.73 Å². The lowest BCUT2D eigenvalue weighted by molar-refractivity contribution is 0.595. The zero-order chi connectivity index (χ0) is 13.8. The highest BCUT2D eigenvalue weighted by molar-refractivity contribution is 5.45. The molecule has 0 spiro atoms. The quantitative estimate of drug-likeness (QED) is 0.606. The number of rotatable bonds is 11. The molecule has 0 unspecified atom stereocenters. The molecule has 1 aromatic rings. The maximum atomic E-state index is 5.64. The molecule has 0 heterocycles. The van der Waals surface area contributed by atoms with Gasteiger partial charge in [-0.2, -0.15) is 0 Å². The molecule has 1 rings (SSSR count). The third-order valence-electron chi connectivity index (χ3n) is 3.54. The fraction of sp³-hybridized carbons (Fsp3) is 0.647. The third kappa shape index (κ3) is 7.22. The Balaban J connectivity index is 2.30. The van der Waals surface area contributed by atoms with E-state index >= 15 is 0 Å². The van der Waals surface area contributed by atoms with Gasteiger partial charge in [0.1, 0.15) is 0 Å². The molecule has 0 aliphatic carbocycles. The van der Waals surface area contributed by atoms with Crippen LogP contribution in [-0.2, 0) is 0 Å². The molecular formula is C17H30N2. The fourth-order valence-electron chi connectivity index (χ4n) is 2.37. The van der Waals surface area contributed by atoms with Crippen LogP contribution in [0, 0.1) is 0 Å². The van der Waals surface area contributed by atoms with Gasteiger partial charge < -0.3 is 10.6 Å². The van der Waals surface area contributed by atoms with Crippen molar-refractivity contribution in [2.45, 2.75) is 51.9 Å². The normalized spacial score (nSPS) is 10.6. The van der Waals surface area contributed by atoms with Gasteiger partial charge in [0.2, 0.25) is 0 Å². The topological polar surface area (TPSA) is 29.3 Å². The zero-order valence-corrected chi connectivity index (χ0v) is 12.5. The Kier molecular flexibility index (Phi) is 9.17. The minimum Gasteiger partial charge on any atom is -0.371 e. The van der Waals surface area contributed by atoms with E-state index in [0.29, 0.717) is 0 Å². The van der Waals surface area contributed by atoms with Crippen LogP contribution in [-0.4, -0.2) is 19.6 Å². The second-order valence-corrected chi connectivity index (χ2v) is 5.23. The molecule has 0 aromatic heterocycles. The zero-order valence-electron chi connectivity index (χ0n) is 12.5. The summed E-state index contributed by atoms with van der Waals surface area (Å²) in [6.07, 6.45) is 9.21. The van der Waals surface area contributed by atoms with Gasteiger partial charge in [-0.25, -0.2) is 0 Å². The smallest absolute Gasteiger partial charge is 0.0366 e. The van der Waals surface area contributed by atoms with Crippen molar-refractivity contribution in [1.82, 2.24) is 0 Å². The third-order valence-corrected chi connectivity index (χ3v) is 3.54. The van der Waals surface area contributed by atoms with Gasteiger partial charge in [-0.15, -0.1) is 0 Å². The SMILES string of the molecule is CCCCCCCCN(CCCN)c1ccccc1. The van der Waals surface area contributed by atoms with Crippen LogP contribution in [0.2, 0.25) is 0 Å². The predicted octanol–water partition coefficient (Wildman–Crippen LogP) is 4.20. The molecular weight excluding hydrogens is 232 g/mol. The summed E-state index contributed by atoms with van der Waals surface area (Å²) < 4.78 is 0. The van der Waals surface area contributed by atoms with Gasteiger partial charge in [0.15, 0.2) is 0 Å². The maximum absolute atomic E-state index is 5.64. The van der Waals surface area contributed by atoms with Crippen LogP contribution in [0.3, 0.4) is 0 Å². The lowest BCUT2D eigenvalue weighted by Gasteiger charge is -2.24. The molecule has 0 aliphatic heterocycles. The minimum atomic E-state index is 0.778. The Morgan fingerprint density at radius 3 is 2.16 bits per heavy atom. The van der Waals surface area contributed by atoms with Gasteiger partial charge in [0, 0.05) is 18.8 Å². The Bertz CT molecular complexity index is 297. The van der Waals surface area contributed by atoms with Gasteiger partial charge in [-0.1, -0.05) is 57.2 Å². The Labute approximate surface area is 119 Å². The number of unbranched alkanes of at least 4 members (excludes halogenated alkanes) is 5. The summed E-state index contributed by atoms with van der Waals surface area (Å²) in [5, 5.41) is 0. The van der Waals surface area contributed by atoms with Gasteiger partial charge in [-0.3, -0.25) is 0 Å². The van der Waals surface area contributed by atoms with Crippen LogP contribution in [0.25, 0.3) is 0 Å². The standard InChI is InChI=1S/C17H30N2/c1-2-3-4-5-6-10-15-19(16-11-14-18)17-12-8-7-9-13-17/h7-9,12-13H,2-6,10-11,14-16,18H2,1H3. The van der Waals surface area contributed by atoms with Crippen LogP contribution in [0.4, 0.5) is 5.69 Å². The monoisotopic (exact) mass is 262 g/mol. The van der Waals surface area contributed by atoms with E-state index in [9.17, 15) is 0 Å². The van der Waals surface area contributed by atoms with Crippen molar-refractivity contribution < 1.29 is 0 Å². The molecule has 0 aliphatic rings. The van der Waals surface area contributed by atoms with Crippen LogP contribution < -0.4 is 10.6 Å². The van der Waals surface area contributed by atoms with E-state index in [1.807, 2.05) is 0 Å². The number of para-hydroxylation sites is 1. The summed E-state index contributed by atoms with van der Waals surface area (Å²) in [5.41, 5.74) is 6.98. The molecule has 0 saturated carbocycles. The second kappa shape index (κ2) is 10.9. The van der Waals surface area contributed by atoms with Crippen LogP contribution in [0.1, 0.15) is 51.9 Å². The molecule has 2 nitrogen and oxygen atoms in total. The molecule has 0 fully saturated rings. The highest BCUT2D eigenvalue weighted by atomic mass is 15.1. The molecule has 108 valence electrons. The average molecular weight is 262 g/mol. The first-order valence-corrected chi connectivity index (χ1v) is 7.88. The number of nitrogens with two attached hydrogens (primary N) is 1. The highest BCUT2D eigenvalue weighted by Crippen LogP contribution is 2.15. The summed E-state index contributed by atoms with van der Waals surface area (Å²) in [5.74, 6) is 0.